The fourth-order valence-electron chi connectivity index (χ4n) is 2.42. The Morgan fingerprint density at radius 3 is 2.80 bits per heavy atom. The van der Waals surface area contributed by atoms with Crippen molar-refractivity contribution in [1.82, 2.24) is 9.88 Å². The zero-order valence-electron chi connectivity index (χ0n) is 11.0. The third kappa shape index (κ3) is 2.70. The highest BCUT2D eigenvalue weighted by atomic mass is 35.5. The molecule has 0 spiro atoms. The number of fused-ring (bicyclic) bond motifs is 1. The van der Waals surface area contributed by atoms with Crippen LogP contribution >= 0.6 is 11.6 Å². The summed E-state index contributed by atoms with van der Waals surface area (Å²) in [6.07, 6.45) is 4.61. The van der Waals surface area contributed by atoms with E-state index in [1.165, 1.54) is 6.42 Å². The molecule has 1 saturated heterocycles. The first-order chi connectivity index (χ1) is 9.74. The molecule has 5 heteroatoms. The Kier molecular flexibility index (Phi) is 3.74. The van der Waals surface area contributed by atoms with E-state index in [1.54, 1.807) is 29.3 Å². The van der Waals surface area contributed by atoms with E-state index >= 15 is 0 Å². The van der Waals surface area contributed by atoms with Gasteiger partial charge in [-0.1, -0.05) is 11.6 Å². The fraction of sp³-hybridized carbons (Fsp3) is 0.333. The molecule has 0 aliphatic carbocycles. The van der Waals surface area contributed by atoms with Crippen molar-refractivity contribution in [3.05, 3.63) is 35.5 Å². The monoisotopic (exact) mass is 290 g/mol. The number of amides is 1. The van der Waals surface area contributed by atoms with E-state index in [-0.39, 0.29) is 6.09 Å². The summed E-state index contributed by atoms with van der Waals surface area (Å²) in [4.78, 5) is 18.1. The van der Waals surface area contributed by atoms with Crippen LogP contribution in [0.1, 0.15) is 19.3 Å². The highest BCUT2D eigenvalue weighted by molar-refractivity contribution is 6.31. The van der Waals surface area contributed by atoms with Crippen molar-refractivity contribution in [3.63, 3.8) is 0 Å². The summed E-state index contributed by atoms with van der Waals surface area (Å²) in [6.45, 7) is 1.54. The number of hydrogen-bond donors (Lipinski definition) is 0. The molecular weight excluding hydrogens is 276 g/mol. The highest BCUT2D eigenvalue weighted by Gasteiger charge is 2.19. The van der Waals surface area contributed by atoms with E-state index in [2.05, 4.69) is 4.98 Å². The maximum atomic E-state index is 12.1. The van der Waals surface area contributed by atoms with E-state index in [0.717, 1.165) is 36.8 Å². The van der Waals surface area contributed by atoms with Gasteiger partial charge in [0, 0.05) is 29.7 Å². The number of likely N-dealkylation sites (tertiary alicyclic amines) is 1. The predicted molar refractivity (Wildman–Crippen MR) is 78.2 cm³/mol. The van der Waals surface area contributed by atoms with Crippen molar-refractivity contribution in [2.45, 2.75) is 19.3 Å². The number of pyridine rings is 1. The minimum atomic E-state index is -0.285. The SMILES string of the molecule is O=C(Oc1ccnc2cc(Cl)ccc12)N1CCCCC1. The van der Waals surface area contributed by atoms with E-state index in [9.17, 15) is 4.79 Å². The number of ether oxygens (including phenoxy) is 1. The van der Waals surface area contributed by atoms with E-state index < -0.39 is 0 Å². The number of halogens is 1. The predicted octanol–water partition coefficient (Wildman–Crippen LogP) is 3.87. The first-order valence-corrected chi connectivity index (χ1v) is 7.13. The van der Waals surface area contributed by atoms with Crippen LogP contribution in [0.2, 0.25) is 5.02 Å². The molecule has 0 atom stereocenters. The summed E-state index contributed by atoms with van der Waals surface area (Å²) in [6, 6.07) is 7.06. The van der Waals surface area contributed by atoms with Crippen molar-refractivity contribution in [3.8, 4) is 5.75 Å². The third-order valence-electron chi connectivity index (χ3n) is 3.48. The van der Waals surface area contributed by atoms with Gasteiger partial charge in [-0.05, 0) is 43.5 Å². The first kappa shape index (κ1) is 13.2. The quantitative estimate of drug-likeness (QED) is 0.800. The summed E-state index contributed by atoms with van der Waals surface area (Å²) in [5, 5.41) is 1.41. The van der Waals surface area contributed by atoms with Gasteiger partial charge in [-0.25, -0.2) is 4.79 Å². The summed E-state index contributed by atoms with van der Waals surface area (Å²) in [5.74, 6) is 0.530. The molecule has 2 aromatic rings. The van der Waals surface area contributed by atoms with Crippen molar-refractivity contribution in [2.24, 2.45) is 0 Å². The Morgan fingerprint density at radius 1 is 1.20 bits per heavy atom. The van der Waals surface area contributed by atoms with Crippen LogP contribution in [0.3, 0.4) is 0 Å². The number of carbonyl (C=O) groups excluding carboxylic acids is 1. The Labute approximate surface area is 122 Å². The average molecular weight is 291 g/mol. The molecule has 3 rings (SSSR count). The Morgan fingerprint density at radius 2 is 2.00 bits per heavy atom. The number of hydrogen-bond acceptors (Lipinski definition) is 3. The molecule has 1 amide bonds. The molecule has 1 aliphatic rings. The smallest absolute Gasteiger partial charge is 0.409 e. The van der Waals surface area contributed by atoms with Crippen LogP contribution in [0.4, 0.5) is 4.79 Å². The van der Waals surface area contributed by atoms with Crippen LogP contribution in [0.15, 0.2) is 30.5 Å². The van der Waals surface area contributed by atoms with Crippen molar-refractivity contribution >= 4 is 28.6 Å². The van der Waals surface area contributed by atoms with Crippen molar-refractivity contribution < 1.29 is 9.53 Å². The number of benzene rings is 1. The lowest BCUT2D eigenvalue weighted by Crippen LogP contribution is -2.37. The molecule has 0 bridgehead atoms. The molecule has 20 heavy (non-hydrogen) atoms. The minimum absolute atomic E-state index is 0.285. The maximum absolute atomic E-state index is 12.1. The van der Waals surface area contributed by atoms with Crippen molar-refractivity contribution in [2.75, 3.05) is 13.1 Å². The molecule has 0 N–H and O–H groups in total. The van der Waals surface area contributed by atoms with Crippen LogP contribution in [0, 0.1) is 0 Å². The van der Waals surface area contributed by atoms with Crippen LogP contribution in [0.25, 0.3) is 10.9 Å². The Bertz CT molecular complexity index is 639. The van der Waals surface area contributed by atoms with Crippen LogP contribution in [-0.4, -0.2) is 29.1 Å². The van der Waals surface area contributed by atoms with Crippen LogP contribution < -0.4 is 4.74 Å². The lowest BCUT2D eigenvalue weighted by molar-refractivity contribution is 0.143. The Hall–Kier alpha value is -1.81. The largest absolute Gasteiger partial charge is 0.415 e. The lowest BCUT2D eigenvalue weighted by atomic mass is 10.1. The molecule has 1 aromatic heterocycles. The number of nitrogens with zero attached hydrogens (tertiary/aromatic N) is 2. The van der Waals surface area contributed by atoms with Gasteiger partial charge in [-0.15, -0.1) is 0 Å². The zero-order valence-corrected chi connectivity index (χ0v) is 11.8. The van der Waals surface area contributed by atoms with Gasteiger partial charge in [0.05, 0.1) is 5.52 Å². The van der Waals surface area contributed by atoms with E-state index in [1.807, 2.05) is 6.07 Å². The van der Waals surface area contributed by atoms with E-state index in [0.29, 0.717) is 10.8 Å². The van der Waals surface area contributed by atoms with E-state index in [4.69, 9.17) is 16.3 Å². The standard InChI is InChI=1S/C15H15ClN2O2/c16-11-4-5-12-13(10-11)17-7-6-14(12)20-15(19)18-8-2-1-3-9-18/h4-7,10H,1-3,8-9H2. The highest BCUT2D eigenvalue weighted by Crippen LogP contribution is 2.27. The number of rotatable bonds is 1. The second-order valence-electron chi connectivity index (χ2n) is 4.89. The van der Waals surface area contributed by atoms with Crippen LogP contribution in [-0.2, 0) is 0 Å². The fourth-order valence-corrected chi connectivity index (χ4v) is 2.59. The van der Waals surface area contributed by atoms with Gasteiger partial charge in [-0.3, -0.25) is 4.98 Å². The summed E-state index contributed by atoms with van der Waals surface area (Å²) < 4.78 is 5.51. The van der Waals surface area contributed by atoms with Crippen LogP contribution in [0.5, 0.6) is 5.75 Å². The summed E-state index contributed by atoms with van der Waals surface area (Å²) in [5.41, 5.74) is 0.724. The van der Waals surface area contributed by atoms with Gasteiger partial charge in [0.15, 0.2) is 0 Å². The molecule has 4 nitrogen and oxygen atoms in total. The molecule has 1 aromatic carbocycles. The molecule has 0 radical (unpaired) electrons. The van der Waals surface area contributed by atoms with Gasteiger partial charge in [-0.2, -0.15) is 0 Å². The van der Waals surface area contributed by atoms with Crippen molar-refractivity contribution in [1.29, 1.82) is 0 Å². The molecule has 0 unspecified atom stereocenters. The molecule has 0 saturated carbocycles. The summed E-state index contributed by atoms with van der Waals surface area (Å²) >= 11 is 5.94. The second-order valence-corrected chi connectivity index (χ2v) is 5.32. The van der Waals surface area contributed by atoms with Gasteiger partial charge >= 0.3 is 6.09 Å². The molecule has 2 heterocycles. The van der Waals surface area contributed by atoms with Gasteiger partial charge in [0.1, 0.15) is 5.75 Å². The number of aromatic nitrogens is 1. The maximum Gasteiger partial charge on any atom is 0.415 e. The zero-order chi connectivity index (χ0) is 13.9. The third-order valence-corrected chi connectivity index (χ3v) is 3.71. The molecule has 1 aliphatic heterocycles. The first-order valence-electron chi connectivity index (χ1n) is 6.75. The number of piperidine rings is 1. The second kappa shape index (κ2) is 5.67. The topological polar surface area (TPSA) is 42.4 Å². The van der Waals surface area contributed by atoms with Gasteiger partial charge in [0.25, 0.3) is 0 Å². The Balaban J connectivity index is 1.85. The average Bonchev–Trinajstić information content (AvgIpc) is 2.48. The number of carbonyl (C=O) groups is 1. The lowest BCUT2D eigenvalue weighted by Gasteiger charge is -2.25. The molecule has 104 valence electrons. The molecular formula is C15H15ClN2O2. The normalized spacial score (nSPS) is 15.3. The van der Waals surface area contributed by atoms with Gasteiger partial charge < -0.3 is 9.64 Å². The minimum Gasteiger partial charge on any atom is -0.409 e. The summed E-state index contributed by atoms with van der Waals surface area (Å²) in [7, 11) is 0. The molecule has 1 fully saturated rings. The van der Waals surface area contributed by atoms with Gasteiger partial charge in [0.2, 0.25) is 0 Å².